The number of benzene rings is 2. The van der Waals surface area contributed by atoms with E-state index in [4.69, 9.17) is 11.6 Å². The number of rotatable bonds is 10. The number of nitrogens with one attached hydrogen (secondary N) is 2. The molecular weight excluding hydrogens is 454 g/mol. The van der Waals surface area contributed by atoms with E-state index in [9.17, 15) is 9.59 Å². The SMILES string of the molecule is CSCCC(NC(=O)c1ccccc1Cl)C(=O)NCc1ccc(CN2CCCCC2C)cc1. The maximum absolute atomic E-state index is 12.9. The zero-order chi connectivity index (χ0) is 23.6. The Morgan fingerprint density at radius 3 is 2.55 bits per heavy atom. The number of hydrogen-bond acceptors (Lipinski definition) is 4. The Kier molecular flexibility index (Phi) is 10.1. The number of carbonyl (C=O) groups excluding carboxylic acids is 2. The van der Waals surface area contributed by atoms with Crippen molar-refractivity contribution in [3.63, 3.8) is 0 Å². The van der Waals surface area contributed by atoms with Crippen LogP contribution in [-0.2, 0) is 17.9 Å². The molecule has 178 valence electrons. The van der Waals surface area contributed by atoms with Gasteiger partial charge in [-0.25, -0.2) is 0 Å². The topological polar surface area (TPSA) is 61.4 Å². The van der Waals surface area contributed by atoms with Crippen LogP contribution in [0.25, 0.3) is 0 Å². The fraction of sp³-hybridized carbons (Fsp3) is 0.462. The zero-order valence-corrected chi connectivity index (χ0v) is 21.1. The molecule has 0 radical (unpaired) electrons. The highest BCUT2D eigenvalue weighted by Crippen LogP contribution is 2.19. The van der Waals surface area contributed by atoms with Gasteiger partial charge in [-0.3, -0.25) is 14.5 Å². The van der Waals surface area contributed by atoms with Gasteiger partial charge in [-0.05, 0) is 68.0 Å². The van der Waals surface area contributed by atoms with Crippen molar-refractivity contribution in [3.8, 4) is 0 Å². The third-order valence-corrected chi connectivity index (χ3v) is 7.14. The molecule has 0 aromatic heterocycles. The monoisotopic (exact) mass is 487 g/mol. The molecule has 2 aromatic rings. The fourth-order valence-electron chi connectivity index (χ4n) is 4.09. The van der Waals surface area contributed by atoms with Crippen LogP contribution in [0.1, 0.15) is 54.1 Å². The van der Waals surface area contributed by atoms with Crippen LogP contribution in [0.15, 0.2) is 48.5 Å². The maximum Gasteiger partial charge on any atom is 0.253 e. The predicted molar refractivity (Wildman–Crippen MR) is 138 cm³/mol. The number of thioether (sulfide) groups is 1. The van der Waals surface area contributed by atoms with Crippen molar-refractivity contribution in [2.45, 2.75) is 57.8 Å². The van der Waals surface area contributed by atoms with E-state index in [2.05, 4.69) is 46.7 Å². The number of carbonyl (C=O) groups is 2. The highest BCUT2D eigenvalue weighted by Gasteiger charge is 2.22. The molecule has 2 unspecified atom stereocenters. The number of halogens is 1. The van der Waals surface area contributed by atoms with Crippen LogP contribution >= 0.6 is 23.4 Å². The Labute approximate surface area is 206 Å². The molecule has 1 aliphatic heterocycles. The minimum atomic E-state index is -0.610. The summed E-state index contributed by atoms with van der Waals surface area (Å²) in [4.78, 5) is 28.1. The Hall–Kier alpha value is -2.02. The second-order valence-electron chi connectivity index (χ2n) is 8.64. The molecule has 1 saturated heterocycles. The molecule has 7 heteroatoms. The Bertz CT molecular complexity index is 922. The third-order valence-electron chi connectivity index (χ3n) is 6.17. The fourth-order valence-corrected chi connectivity index (χ4v) is 4.78. The van der Waals surface area contributed by atoms with Gasteiger partial charge in [0.1, 0.15) is 6.04 Å². The van der Waals surface area contributed by atoms with Gasteiger partial charge in [-0.2, -0.15) is 11.8 Å². The van der Waals surface area contributed by atoms with Gasteiger partial charge in [-0.1, -0.05) is 54.4 Å². The van der Waals surface area contributed by atoms with Crippen LogP contribution in [0, 0.1) is 0 Å². The molecular formula is C26H34ClN3O2S. The standard InChI is InChI=1S/C26H34ClN3O2S/c1-19-7-5-6-15-30(19)18-21-12-10-20(11-13-21)17-28-26(32)24(14-16-33-2)29-25(31)22-8-3-4-9-23(22)27/h3-4,8-13,19,24H,5-7,14-18H2,1-2H3,(H,28,32)(H,29,31). The van der Waals surface area contributed by atoms with Gasteiger partial charge in [0.05, 0.1) is 10.6 Å². The van der Waals surface area contributed by atoms with E-state index in [1.165, 1.54) is 24.8 Å². The van der Waals surface area contributed by atoms with E-state index in [1.54, 1.807) is 36.0 Å². The third kappa shape index (κ3) is 7.76. The first-order valence-corrected chi connectivity index (χ1v) is 13.4. The van der Waals surface area contributed by atoms with E-state index in [0.29, 0.717) is 29.6 Å². The van der Waals surface area contributed by atoms with E-state index < -0.39 is 6.04 Å². The van der Waals surface area contributed by atoms with Gasteiger partial charge < -0.3 is 10.6 Å². The quantitative estimate of drug-likeness (QED) is 0.501. The molecule has 0 spiro atoms. The predicted octanol–water partition coefficient (Wildman–Crippen LogP) is 4.88. The summed E-state index contributed by atoms with van der Waals surface area (Å²) in [6.45, 7) is 4.87. The van der Waals surface area contributed by atoms with Crippen molar-refractivity contribution >= 4 is 35.2 Å². The van der Waals surface area contributed by atoms with Crippen LogP contribution in [-0.4, -0.2) is 47.4 Å². The Morgan fingerprint density at radius 2 is 1.85 bits per heavy atom. The first-order valence-electron chi connectivity index (χ1n) is 11.6. The number of likely N-dealkylation sites (tertiary alicyclic amines) is 1. The average molecular weight is 488 g/mol. The smallest absolute Gasteiger partial charge is 0.253 e. The summed E-state index contributed by atoms with van der Waals surface area (Å²) < 4.78 is 0. The molecule has 3 rings (SSSR count). The Balaban J connectivity index is 1.54. The number of nitrogens with zero attached hydrogens (tertiary/aromatic N) is 1. The zero-order valence-electron chi connectivity index (χ0n) is 19.5. The highest BCUT2D eigenvalue weighted by molar-refractivity contribution is 7.98. The first-order chi connectivity index (χ1) is 16.0. The van der Waals surface area contributed by atoms with Gasteiger partial charge >= 0.3 is 0 Å². The lowest BCUT2D eigenvalue weighted by molar-refractivity contribution is -0.123. The van der Waals surface area contributed by atoms with E-state index in [-0.39, 0.29) is 11.8 Å². The van der Waals surface area contributed by atoms with E-state index >= 15 is 0 Å². The molecule has 2 N–H and O–H groups in total. The van der Waals surface area contributed by atoms with Gasteiger partial charge in [0, 0.05) is 19.1 Å². The molecule has 0 aliphatic carbocycles. The molecule has 0 saturated carbocycles. The molecule has 0 bridgehead atoms. The minimum Gasteiger partial charge on any atom is -0.350 e. The first kappa shape index (κ1) is 25.6. The molecule has 2 amide bonds. The second-order valence-corrected chi connectivity index (χ2v) is 10.0. The number of hydrogen-bond donors (Lipinski definition) is 2. The summed E-state index contributed by atoms with van der Waals surface area (Å²) >= 11 is 7.78. The molecule has 33 heavy (non-hydrogen) atoms. The second kappa shape index (κ2) is 13.0. The highest BCUT2D eigenvalue weighted by atomic mass is 35.5. The molecule has 1 aliphatic rings. The lowest BCUT2D eigenvalue weighted by atomic mass is 10.0. The van der Waals surface area contributed by atoms with Crippen LogP contribution < -0.4 is 10.6 Å². The number of piperidine rings is 1. The summed E-state index contributed by atoms with van der Waals surface area (Å²) in [5.41, 5.74) is 2.71. The van der Waals surface area contributed by atoms with Crippen LogP contribution in [0.2, 0.25) is 5.02 Å². The summed E-state index contributed by atoms with van der Waals surface area (Å²) in [7, 11) is 0. The summed E-state index contributed by atoms with van der Waals surface area (Å²) in [5.74, 6) is 0.249. The van der Waals surface area contributed by atoms with Crippen molar-refractivity contribution in [1.29, 1.82) is 0 Å². The average Bonchev–Trinajstić information content (AvgIpc) is 2.82. The van der Waals surface area contributed by atoms with Crippen LogP contribution in [0.3, 0.4) is 0 Å². The largest absolute Gasteiger partial charge is 0.350 e. The van der Waals surface area contributed by atoms with E-state index in [0.717, 1.165) is 24.4 Å². The molecule has 2 aromatic carbocycles. The maximum atomic E-state index is 12.9. The van der Waals surface area contributed by atoms with E-state index in [1.807, 2.05) is 6.26 Å². The molecule has 1 fully saturated rings. The van der Waals surface area contributed by atoms with Gasteiger partial charge in [0.15, 0.2) is 0 Å². The van der Waals surface area contributed by atoms with Crippen molar-refractivity contribution in [3.05, 3.63) is 70.2 Å². The normalized spacial score (nSPS) is 17.4. The lowest BCUT2D eigenvalue weighted by Crippen LogP contribution is -2.47. The van der Waals surface area contributed by atoms with Crippen LogP contribution in [0.5, 0.6) is 0 Å². The van der Waals surface area contributed by atoms with Crippen molar-refractivity contribution in [2.24, 2.45) is 0 Å². The Morgan fingerprint density at radius 1 is 1.12 bits per heavy atom. The lowest BCUT2D eigenvalue weighted by Gasteiger charge is -2.33. The van der Waals surface area contributed by atoms with Crippen molar-refractivity contribution in [1.82, 2.24) is 15.5 Å². The van der Waals surface area contributed by atoms with Crippen LogP contribution in [0.4, 0.5) is 0 Å². The number of amides is 2. The van der Waals surface area contributed by atoms with Gasteiger partial charge in [-0.15, -0.1) is 0 Å². The van der Waals surface area contributed by atoms with Gasteiger partial charge in [0.2, 0.25) is 5.91 Å². The molecule has 2 atom stereocenters. The van der Waals surface area contributed by atoms with Crippen molar-refractivity contribution < 1.29 is 9.59 Å². The van der Waals surface area contributed by atoms with Crippen molar-refractivity contribution in [2.75, 3.05) is 18.6 Å². The minimum absolute atomic E-state index is 0.185. The summed E-state index contributed by atoms with van der Waals surface area (Å²) in [5, 5.41) is 6.20. The molecule has 1 heterocycles. The summed E-state index contributed by atoms with van der Waals surface area (Å²) in [6, 6.07) is 15.3. The van der Waals surface area contributed by atoms with Gasteiger partial charge in [0.25, 0.3) is 5.91 Å². The molecule has 5 nitrogen and oxygen atoms in total. The summed E-state index contributed by atoms with van der Waals surface area (Å²) in [6.07, 6.45) is 6.41.